The highest BCUT2D eigenvalue weighted by molar-refractivity contribution is 5.85. The maximum atomic E-state index is 15.6. The number of hydrogen-bond donors (Lipinski definition) is 0. The molecule has 1 aromatic heterocycles. The molecule has 1 unspecified atom stereocenters. The zero-order valence-corrected chi connectivity index (χ0v) is 17.9. The summed E-state index contributed by atoms with van der Waals surface area (Å²) in [5.41, 5.74) is 0.403. The number of imidazole rings is 1. The Hall–Kier alpha value is -2.41. The highest BCUT2D eigenvalue weighted by Crippen LogP contribution is 2.30. The second kappa shape index (κ2) is 8.76. The van der Waals surface area contributed by atoms with Gasteiger partial charge in [-0.15, -0.1) is 0 Å². The van der Waals surface area contributed by atoms with Gasteiger partial charge in [-0.3, -0.25) is 9.69 Å². The van der Waals surface area contributed by atoms with Crippen molar-refractivity contribution < 1.29 is 13.9 Å². The Bertz CT molecular complexity index is 893. The van der Waals surface area contributed by atoms with Crippen LogP contribution in [0.2, 0.25) is 0 Å². The number of alkyl halides is 1. The van der Waals surface area contributed by atoms with Crippen LogP contribution in [-0.2, 0) is 17.9 Å². The molecule has 0 saturated carbocycles. The number of ether oxygens (including phenoxy) is 1. The molecule has 0 spiro atoms. The normalized spacial score (nSPS) is 22.4. The van der Waals surface area contributed by atoms with Crippen molar-refractivity contribution >= 4 is 5.91 Å². The molecule has 1 atom stereocenters. The summed E-state index contributed by atoms with van der Waals surface area (Å²) in [6.45, 7) is 5.63. The predicted molar refractivity (Wildman–Crippen MR) is 113 cm³/mol. The molecule has 1 aromatic carbocycles. The number of nitrogens with zero attached hydrogens (tertiary/aromatic N) is 4. The van der Waals surface area contributed by atoms with Gasteiger partial charge < -0.3 is 14.2 Å². The average Bonchev–Trinajstić information content (AvgIpc) is 3.40. The van der Waals surface area contributed by atoms with Gasteiger partial charge in [-0.05, 0) is 56.8 Å². The molecule has 2 saturated heterocycles. The van der Waals surface area contributed by atoms with Crippen molar-refractivity contribution in [3.05, 3.63) is 47.5 Å². The number of benzene rings is 1. The number of carbonyl (C=O) groups excluding carboxylic acids is 1. The van der Waals surface area contributed by atoms with Gasteiger partial charge in [-0.2, -0.15) is 0 Å². The molecule has 30 heavy (non-hydrogen) atoms. The van der Waals surface area contributed by atoms with Gasteiger partial charge in [0.15, 0.2) is 0 Å². The zero-order chi connectivity index (χ0) is 21.1. The molecule has 1 amide bonds. The van der Waals surface area contributed by atoms with Crippen LogP contribution >= 0.6 is 0 Å². The number of rotatable bonds is 6. The van der Waals surface area contributed by atoms with Crippen molar-refractivity contribution in [2.24, 2.45) is 0 Å². The molecule has 2 aromatic rings. The number of amides is 1. The second-order valence-electron chi connectivity index (χ2n) is 8.53. The lowest BCUT2D eigenvalue weighted by atomic mass is 9.92. The Kier molecular flexibility index (Phi) is 6.09. The van der Waals surface area contributed by atoms with E-state index in [2.05, 4.69) is 20.5 Å². The maximum Gasteiger partial charge on any atom is 0.261 e. The van der Waals surface area contributed by atoms with E-state index in [0.717, 1.165) is 42.1 Å². The van der Waals surface area contributed by atoms with E-state index >= 15 is 4.39 Å². The van der Waals surface area contributed by atoms with E-state index in [1.807, 2.05) is 25.3 Å². The Morgan fingerprint density at radius 1 is 1.20 bits per heavy atom. The molecule has 7 heteroatoms. The highest BCUT2D eigenvalue weighted by atomic mass is 19.1. The highest BCUT2D eigenvalue weighted by Gasteiger charge is 2.45. The molecule has 162 valence electrons. The fourth-order valence-corrected chi connectivity index (χ4v) is 4.67. The summed E-state index contributed by atoms with van der Waals surface area (Å²) in [5.74, 6) is 1.46. The predicted octanol–water partition coefficient (Wildman–Crippen LogP) is 3.17. The summed E-state index contributed by atoms with van der Waals surface area (Å²) >= 11 is 0. The molecule has 0 N–H and O–H groups in total. The van der Waals surface area contributed by atoms with Crippen LogP contribution in [0.15, 0.2) is 30.6 Å². The lowest BCUT2D eigenvalue weighted by Gasteiger charge is -2.38. The maximum absolute atomic E-state index is 15.6. The first kappa shape index (κ1) is 20.8. The number of aromatic nitrogens is 2. The number of methoxy groups -OCH3 is 1. The first-order chi connectivity index (χ1) is 14.5. The smallest absolute Gasteiger partial charge is 0.261 e. The van der Waals surface area contributed by atoms with Crippen molar-refractivity contribution in [2.45, 2.75) is 51.4 Å². The minimum absolute atomic E-state index is 0.171. The van der Waals surface area contributed by atoms with Crippen LogP contribution < -0.4 is 4.74 Å². The third kappa shape index (κ3) is 4.36. The van der Waals surface area contributed by atoms with Gasteiger partial charge in [0.25, 0.3) is 5.91 Å². The van der Waals surface area contributed by atoms with Crippen molar-refractivity contribution in [3.63, 3.8) is 0 Å². The van der Waals surface area contributed by atoms with Crippen molar-refractivity contribution in [3.8, 4) is 5.75 Å². The zero-order valence-electron chi connectivity index (χ0n) is 17.9. The molecule has 6 nitrogen and oxygen atoms in total. The van der Waals surface area contributed by atoms with Crippen molar-refractivity contribution in [1.82, 2.24) is 19.4 Å². The Labute approximate surface area is 177 Å². The number of aryl methyl sites for hydroxylation is 1. The topological polar surface area (TPSA) is 50.6 Å². The van der Waals surface area contributed by atoms with E-state index in [9.17, 15) is 4.79 Å². The van der Waals surface area contributed by atoms with Gasteiger partial charge in [0.1, 0.15) is 11.6 Å². The van der Waals surface area contributed by atoms with Crippen molar-refractivity contribution in [1.29, 1.82) is 0 Å². The summed E-state index contributed by atoms with van der Waals surface area (Å²) in [7, 11) is 1.67. The van der Waals surface area contributed by atoms with Crippen LogP contribution in [0.5, 0.6) is 5.75 Å². The van der Waals surface area contributed by atoms with Crippen LogP contribution in [0.1, 0.15) is 42.6 Å². The average molecular weight is 415 g/mol. The Balaban J connectivity index is 1.47. The monoisotopic (exact) mass is 414 g/mol. The van der Waals surface area contributed by atoms with Gasteiger partial charge >= 0.3 is 0 Å². The van der Waals surface area contributed by atoms with Crippen LogP contribution in [-0.4, -0.2) is 64.2 Å². The third-order valence-corrected chi connectivity index (χ3v) is 6.31. The summed E-state index contributed by atoms with van der Waals surface area (Å²) in [6.07, 6.45) is 6.73. The Morgan fingerprint density at radius 2 is 2.00 bits per heavy atom. The lowest BCUT2D eigenvalue weighted by molar-refractivity contribution is -0.147. The van der Waals surface area contributed by atoms with Gasteiger partial charge in [0, 0.05) is 44.1 Å². The first-order valence-electron chi connectivity index (χ1n) is 10.8. The molecule has 0 aliphatic carbocycles. The Morgan fingerprint density at radius 3 is 2.70 bits per heavy atom. The quantitative estimate of drug-likeness (QED) is 0.729. The lowest BCUT2D eigenvalue weighted by Crippen LogP contribution is -2.54. The summed E-state index contributed by atoms with van der Waals surface area (Å²) in [4.78, 5) is 20.8. The van der Waals surface area contributed by atoms with Crippen LogP contribution in [0, 0.1) is 6.92 Å². The second-order valence-corrected chi connectivity index (χ2v) is 8.53. The summed E-state index contributed by atoms with van der Waals surface area (Å²) < 4.78 is 23.2. The molecular formula is C23H31FN4O2. The van der Waals surface area contributed by atoms with E-state index in [1.165, 1.54) is 0 Å². The van der Waals surface area contributed by atoms with Crippen LogP contribution in [0.3, 0.4) is 0 Å². The van der Waals surface area contributed by atoms with Crippen molar-refractivity contribution in [2.75, 3.05) is 33.3 Å². The van der Waals surface area contributed by atoms with Gasteiger partial charge in [0.05, 0.1) is 13.7 Å². The molecular weight excluding hydrogens is 383 g/mol. The van der Waals surface area contributed by atoms with E-state index < -0.39 is 5.67 Å². The number of piperidine rings is 1. The molecule has 0 radical (unpaired) electrons. The molecule has 2 aliphatic rings. The number of halogens is 1. The minimum atomic E-state index is -1.76. The number of hydrogen-bond acceptors (Lipinski definition) is 4. The largest absolute Gasteiger partial charge is 0.496 e. The minimum Gasteiger partial charge on any atom is -0.496 e. The molecule has 4 rings (SSSR count). The van der Waals surface area contributed by atoms with Crippen LogP contribution in [0.25, 0.3) is 0 Å². The van der Waals surface area contributed by atoms with Gasteiger partial charge in [-0.25, -0.2) is 9.37 Å². The molecule has 2 fully saturated rings. The fraction of sp³-hybridized carbons (Fsp3) is 0.565. The molecule has 2 aliphatic heterocycles. The molecule has 3 heterocycles. The number of likely N-dealkylation sites (tertiary alicyclic amines) is 2. The van der Waals surface area contributed by atoms with E-state index in [1.54, 1.807) is 18.2 Å². The summed E-state index contributed by atoms with van der Waals surface area (Å²) in [5, 5.41) is 0. The summed E-state index contributed by atoms with van der Waals surface area (Å²) in [6, 6.07) is 6.12. The fourth-order valence-electron chi connectivity index (χ4n) is 4.67. The number of carbonyl (C=O) groups is 1. The van der Waals surface area contributed by atoms with Gasteiger partial charge in [0.2, 0.25) is 5.67 Å². The standard InChI is InChI=1S/C23H31FN4O2/c1-18-25-9-13-28(18)16-20-14-19(6-7-21(20)30-2)15-26-10-5-8-23(24,17-26)22(29)27-11-3-4-12-27/h6-7,9,13-14H,3-5,8,10-12,15-17H2,1-2H3. The van der Waals surface area contributed by atoms with E-state index in [0.29, 0.717) is 39.0 Å². The first-order valence-corrected chi connectivity index (χ1v) is 10.8. The third-order valence-electron chi connectivity index (χ3n) is 6.31. The van der Waals surface area contributed by atoms with E-state index in [-0.39, 0.29) is 12.5 Å². The van der Waals surface area contributed by atoms with Gasteiger partial charge in [-0.1, -0.05) is 6.07 Å². The van der Waals surface area contributed by atoms with E-state index in [4.69, 9.17) is 4.74 Å². The van der Waals surface area contributed by atoms with Crippen LogP contribution in [0.4, 0.5) is 4.39 Å². The molecule has 0 bridgehead atoms. The SMILES string of the molecule is COc1ccc(CN2CCCC(F)(C(=O)N3CCCC3)C2)cc1Cn1ccnc1C.